The first kappa shape index (κ1) is 19.5. The van der Waals surface area contributed by atoms with E-state index in [1.54, 1.807) is 19.2 Å². The van der Waals surface area contributed by atoms with E-state index in [2.05, 4.69) is 10.6 Å². The number of quaternary nitrogens is 1. The molecule has 0 saturated carbocycles. The van der Waals surface area contributed by atoms with E-state index in [0.717, 1.165) is 21.7 Å². The zero-order chi connectivity index (χ0) is 19.1. The Morgan fingerprint density at radius 2 is 1.65 bits per heavy atom. The summed E-state index contributed by atoms with van der Waals surface area (Å²) in [6.07, 6.45) is 0. The van der Waals surface area contributed by atoms with Crippen LogP contribution in [0.5, 0.6) is 5.75 Å². The number of likely N-dealkylation sites (N-methyl/N-ethyl adjacent to an activating group) is 1. The van der Waals surface area contributed by atoms with Gasteiger partial charge in [-0.2, -0.15) is 0 Å². The largest absolute Gasteiger partial charge is 0.497 e. The van der Waals surface area contributed by atoms with Crippen LogP contribution in [0.15, 0.2) is 42.5 Å². The summed E-state index contributed by atoms with van der Waals surface area (Å²) in [6.45, 7) is 4.38. The van der Waals surface area contributed by atoms with Crippen molar-refractivity contribution in [1.29, 1.82) is 0 Å². The van der Waals surface area contributed by atoms with Crippen molar-refractivity contribution in [2.24, 2.45) is 0 Å². The number of carbonyl (C=O) groups is 2. The zero-order valence-electron chi connectivity index (χ0n) is 15.7. The summed E-state index contributed by atoms with van der Waals surface area (Å²) in [6, 6.07) is 13.0. The Morgan fingerprint density at radius 1 is 1.00 bits per heavy atom. The molecule has 1 atom stereocenters. The maximum atomic E-state index is 12.2. The van der Waals surface area contributed by atoms with Crippen LogP contribution in [0.3, 0.4) is 0 Å². The lowest BCUT2D eigenvalue weighted by Gasteiger charge is -2.15. The lowest BCUT2D eigenvalue weighted by molar-refractivity contribution is -0.862. The maximum absolute atomic E-state index is 12.2. The van der Waals surface area contributed by atoms with Gasteiger partial charge < -0.3 is 20.3 Å². The zero-order valence-corrected chi connectivity index (χ0v) is 15.7. The number of aryl methyl sites for hydroxylation is 1. The van der Waals surface area contributed by atoms with Crippen LogP contribution in [0.1, 0.15) is 11.1 Å². The summed E-state index contributed by atoms with van der Waals surface area (Å²) in [4.78, 5) is 25.2. The Labute approximate surface area is 154 Å². The molecular formula is C20H26N3O3+. The molecule has 138 valence electrons. The van der Waals surface area contributed by atoms with Crippen molar-refractivity contribution in [3.05, 3.63) is 53.6 Å². The van der Waals surface area contributed by atoms with Gasteiger partial charge in [-0.05, 0) is 43.2 Å². The number of hydrogen-bond donors (Lipinski definition) is 3. The Balaban J connectivity index is 1.85. The van der Waals surface area contributed by atoms with E-state index in [1.165, 1.54) is 0 Å². The summed E-state index contributed by atoms with van der Waals surface area (Å²) in [5, 5.41) is 5.73. The molecule has 0 radical (unpaired) electrons. The van der Waals surface area contributed by atoms with Crippen LogP contribution < -0.4 is 20.3 Å². The van der Waals surface area contributed by atoms with Gasteiger partial charge in [0.15, 0.2) is 13.1 Å². The normalized spacial score (nSPS) is 11.5. The van der Waals surface area contributed by atoms with Crippen molar-refractivity contribution in [2.45, 2.75) is 13.8 Å². The monoisotopic (exact) mass is 356 g/mol. The minimum atomic E-state index is -0.157. The molecule has 0 heterocycles. The number of anilines is 2. The molecule has 0 aromatic heterocycles. The van der Waals surface area contributed by atoms with Crippen LogP contribution >= 0.6 is 0 Å². The first-order valence-electron chi connectivity index (χ1n) is 8.50. The second kappa shape index (κ2) is 9.01. The Kier molecular flexibility index (Phi) is 6.74. The molecule has 0 saturated heterocycles. The number of methoxy groups -OCH3 is 1. The Hall–Kier alpha value is -2.86. The van der Waals surface area contributed by atoms with Gasteiger partial charge in [-0.3, -0.25) is 9.59 Å². The van der Waals surface area contributed by atoms with E-state index in [4.69, 9.17) is 4.74 Å². The molecule has 0 bridgehead atoms. The van der Waals surface area contributed by atoms with E-state index in [9.17, 15) is 9.59 Å². The van der Waals surface area contributed by atoms with Gasteiger partial charge in [0.05, 0.1) is 14.2 Å². The highest BCUT2D eigenvalue weighted by Gasteiger charge is 2.15. The van der Waals surface area contributed by atoms with Gasteiger partial charge in [-0.15, -0.1) is 0 Å². The standard InChI is InChI=1S/C20H25N3O3/c1-14-7-5-10-18(15(14)2)22-20(25)13-23(3)12-19(24)21-16-8-6-9-17(11-16)26-4/h5-11H,12-13H2,1-4H3,(H,21,24)(H,22,25)/p+1. The van der Waals surface area contributed by atoms with Crippen LogP contribution in [0, 0.1) is 13.8 Å². The molecule has 0 aliphatic rings. The van der Waals surface area contributed by atoms with E-state index < -0.39 is 0 Å². The summed E-state index contributed by atoms with van der Waals surface area (Å²) < 4.78 is 5.14. The van der Waals surface area contributed by atoms with E-state index in [0.29, 0.717) is 11.4 Å². The fourth-order valence-corrected chi connectivity index (χ4v) is 2.60. The van der Waals surface area contributed by atoms with Gasteiger partial charge in [0.1, 0.15) is 5.75 Å². The molecule has 1 unspecified atom stereocenters. The van der Waals surface area contributed by atoms with Crippen molar-refractivity contribution in [1.82, 2.24) is 0 Å². The third kappa shape index (κ3) is 5.60. The average molecular weight is 356 g/mol. The summed E-state index contributed by atoms with van der Waals surface area (Å²) in [5.41, 5.74) is 3.65. The van der Waals surface area contributed by atoms with Crippen LogP contribution in [0.25, 0.3) is 0 Å². The van der Waals surface area contributed by atoms with E-state index >= 15 is 0 Å². The highest BCUT2D eigenvalue weighted by atomic mass is 16.5. The number of carbonyl (C=O) groups excluding carboxylic acids is 2. The number of benzene rings is 2. The van der Waals surface area contributed by atoms with Gasteiger partial charge in [0, 0.05) is 17.4 Å². The topological polar surface area (TPSA) is 71.9 Å². The number of hydrogen-bond acceptors (Lipinski definition) is 3. The number of amides is 2. The van der Waals surface area contributed by atoms with Crippen molar-refractivity contribution in [3.63, 3.8) is 0 Å². The van der Waals surface area contributed by atoms with E-state index in [-0.39, 0.29) is 24.9 Å². The predicted octanol–water partition coefficient (Wildman–Crippen LogP) is 1.40. The summed E-state index contributed by atoms with van der Waals surface area (Å²) in [7, 11) is 3.39. The second-order valence-corrected chi connectivity index (χ2v) is 6.39. The van der Waals surface area contributed by atoms with Crippen LogP contribution in [0.2, 0.25) is 0 Å². The molecule has 26 heavy (non-hydrogen) atoms. The van der Waals surface area contributed by atoms with Crippen molar-refractivity contribution in [2.75, 3.05) is 37.9 Å². The van der Waals surface area contributed by atoms with Gasteiger partial charge >= 0.3 is 0 Å². The fourth-order valence-electron chi connectivity index (χ4n) is 2.60. The molecule has 0 aliphatic heterocycles. The molecule has 0 spiro atoms. The molecular weight excluding hydrogens is 330 g/mol. The molecule has 3 N–H and O–H groups in total. The lowest BCUT2D eigenvalue weighted by Crippen LogP contribution is -3.11. The second-order valence-electron chi connectivity index (χ2n) is 6.39. The smallest absolute Gasteiger partial charge is 0.279 e. The Morgan fingerprint density at radius 3 is 2.35 bits per heavy atom. The highest BCUT2D eigenvalue weighted by molar-refractivity contribution is 5.93. The first-order valence-corrected chi connectivity index (χ1v) is 8.50. The summed E-state index contributed by atoms with van der Waals surface area (Å²) in [5.74, 6) is 0.400. The molecule has 6 heteroatoms. The minimum Gasteiger partial charge on any atom is -0.497 e. The third-order valence-corrected chi connectivity index (χ3v) is 4.16. The van der Waals surface area contributed by atoms with Gasteiger partial charge in [-0.1, -0.05) is 18.2 Å². The van der Waals surface area contributed by atoms with E-state index in [1.807, 2.05) is 51.2 Å². The fraction of sp³-hybridized carbons (Fsp3) is 0.300. The third-order valence-electron chi connectivity index (χ3n) is 4.16. The quantitative estimate of drug-likeness (QED) is 0.702. The highest BCUT2D eigenvalue weighted by Crippen LogP contribution is 2.17. The molecule has 2 aromatic carbocycles. The van der Waals surface area contributed by atoms with Crippen LogP contribution in [0.4, 0.5) is 11.4 Å². The molecule has 6 nitrogen and oxygen atoms in total. The molecule has 2 amide bonds. The first-order chi connectivity index (χ1) is 12.4. The lowest BCUT2D eigenvalue weighted by atomic mass is 10.1. The van der Waals surface area contributed by atoms with Gasteiger partial charge in [-0.25, -0.2) is 0 Å². The molecule has 0 aliphatic carbocycles. The molecule has 0 fully saturated rings. The van der Waals surface area contributed by atoms with Crippen LogP contribution in [-0.4, -0.2) is 39.1 Å². The summed E-state index contributed by atoms with van der Waals surface area (Å²) >= 11 is 0. The molecule has 2 rings (SSSR count). The number of rotatable bonds is 7. The molecule has 2 aromatic rings. The van der Waals surface area contributed by atoms with Crippen molar-refractivity contribution < 1.29 is 19.2 Å². The average Bonchev–Trinajstić information content (AvgIpc) is 2.58. The minimum absolute atomic E-state index is 0.120. The van der Waals surface area contributed by atoms with Crippen molar-refractivity contribution >= 4 is 23.2 Å². The SMILES string of the molecule is COc1cccc(NC(=O)C[NH+](C)CC(=O)Nc2cccc(C)c2C)c1. The van der Waals surface area contributed by atoms with Gasteiger partial charge in [0.2, 0.25) is 0 Å². The van der Waals surface area contributed by atoms with Gasteiger partial charge in [0.25, 0.3) is 11.8 Å². The number of ether oxygens (including phenoxy) is 1. The maximum Gasteiger partial charge on any atom is 0.279 e. The predicted molar refractivity (Wildman–Crippen MR) is 103 cm³/mol. The van der Waals surface area contributed by atoms with Crippen molar-refractivity contribution in [3.8, 4) is 5.75 Å². The Bertz CT molecular complexity index is 790. The van der Waals surface area contributed by atoms with Crippen LogP contribution in [-0.2, 0) is 9.59 Å². The number of nitrogens with one attached hydrogen (secondary N) is 3.